The molecule has 128 valence electrons. The van der Waals surface area contributed by atoms with Gasteiger partial charge in [-0.2, -0.15) is 0 Å². The third-order valence-corrected chi connectivity index (χ3v) is 5.65. The van der Waals surface area contributed by atoms with Gasteiger partial charge < -0.3 is 19.9 Å². The van der Waals surface area contributed by atoms with Crippen LogP contribution in [0, 0.1) is 11.3 Å². The SMILES string of the molecule is CC1(C)CN(C(=O)NCCc2cccc3[nH]ccc23)[C@@H]2COC[C@@H]21. The molecule has 0 bridgehead atoms. The van der Waals surface area contributed by atoms with Crippen molar-refractivity contribution in [2.75, 3.05) is 26.3 Å². The van der Waals surface area contributed by atoms with Gasteiger partial charge in [0.15, 0.2) is 0 Å². The molecular formula is C19H25N3O2. The Hall–Kier alpha value is -2.01. The van der Waals surface area contributed by atoms with Crippen LogP contribution in [-0.4, -0.2) is 48.3 Å². The Morgan fingerprint density at radius 1 is 1.38 bits per heavy atom. The lowest BCUT2D eigenvalue weighted by Gasteiger charge is -2.24. The first-order valence-electron chi connectivity index (χ1n) is 8.73. The molecule has 5 heteroatoms. The number of aromatic amines is 1. The average molecular weight is 327 g/mol. The highest BCUT2D eigenvalue weighted by Gasteiger charge is 2.51. The molecule has 2 amide bonds. The molecule has 0 spiro atoms. The molecule has 4 rings (SSSR count). The predicted octanol–water partition coefficient (Wildman–Crippen LogP) is 2.78. The highest BCUT2D eigenvalue weighted by Crippen LogP contribution is 2.43. The van der Waals surface area contributed by atoms with Crippen LogP contribution in [0.1, 0.15) is 19.4 Å². The predicted molar refractivity (Wildman–Crippen MR) is 94.0 cm³/mol. The average Bonchev–Trinajstić information content (AvgIpc) is 3.25. The van der Waals surface area contributed by atoms with Crippen molar-refractivity contribution < 1.29 is 9.53 Å². The maximum atomic E-state index is 12.6. The van der Waals surface area contributed by atoms with Gasteiger partial charge in [0.2, 0.25) is 0 Å². The van der Waals surface area contributed by atoms with Crippen LogP contribution in [0.2, 0.25) is 0 Å². The van der Waals surface area contributed by atoms with E-state index in [4.69, 9.17) is 4.74 Å². The summed E-state index contributed by atoms with van der Waals surface area (Å²) in [5.41, 5.74) is 2.54. The summed E-state index contributed by atoms with van der Waals surface area (Å²) in [5, 5.41) is 4.34. The maximum Gasteiger partial charge on any atom is 0.317 e. The summed E-state index contributed by atoms with van der Waals surface area (Å²) in [6, 6.07) is 8.62. The fraction of sp³-hybridized carbons (Fsp3) is 0.526. The first-order chi connectivity index (χ1) is 11.6. The van der Waals surface area contributed by atoms with Crippen molar-refractivity contribution in [2.45, 2.75) is 26.3 Å². The summed E-state index contributed by atoms with van der Waals surface area (Å²) in [7, 11) is 0. The zero-order chi connectivity index (χ0) is 16.7. The van der Waals surface area contributed by atoms with Crippen LogP contribution in [-0.2, 0) is 11.2 Å². The molecule has 1 aromatic heterocycles. The molecule has 0 saturated carbocycles. The fourth-order valence-electron chi connectivity index (χ4n) is 4.27. The van der Waals surface area contributed by atoms with Gasteiger partial charge in [0.05, 0.1) is 19.3 Å². The van der Waals surface area contributed by atoms with E-state index in [-0.39, 0.29) is 17.5 Å². The second-order valence-corrected chi connectivity index (χ2v) is 7.67. The minimum atomic E-state index is 0.0438. The first-order valence-corrected chi connectivity index (χ1v) is 8.73. The second kappa shape index (κ2) is 5.81. The van der Waals surface area contributed by atoms with Crippen LogP contribution >= 0.6 is 0 Å². The Balaban J connectivity index is 1.38. The lowest BCUT2D eigenvalue weighted by atomic mass is 9.80. The lowest BCUT2D eigenvalue weighted by Crippen LogP contribution is -2.45. The number of aromatic nitrogens is 1. The van der Waals surface area contributed by atoms with E-state index in [1.807, 2.05) is 11.1 Å². The van der Waals surface area contributed by atoms with Gasteiger partial charge in [-0.1, -0.05) is 26.0 Å². The molecular weight excluding hydrogens is 302 g/mol. The summed E-state index contributed by atoms with van der Waals surface area (Å²) < 4.78 is 5.62. The Bertz CT molecular complexity index is 752. The number of hydrogen-bond donors (Lipinski definition) is 2. The smallest absolute Gasteiger partial charge is 0.317 e. The normalized spacial score (nSPS) is 25.2. The number of nitrogens with one attached hydrogen (secondary N) is 2. The number of hydrogen-bond acceptors (Lipinski definition) is 2. The number of likely N-dealkylation sites (tertiary alicyclic amines) is 1. The molecule has 2 N–H and O–H groups in total. The van der Waals surface area contributed by atoms with Crippen molar-refractivity contribution in [1.29, 1.82) is 0 Å². The van der Waals surface area contributed by atoms with Crippen molar-refractivity contribution in [1.82, 2.24) is 15.2 Å². The van der Waals surface area contributed by atoms with Crippen LogP contribution in [0.5, 0.6) is 0 Å². The van der Waals surface area contributed by atoms with Crippen LogP contribution in [0.15, 0.2) is 30.5 Å². The van der Waals surface area contributed by atoms with Gasteiger partial charge in [-0.3, -0.25) is 0 Å². The molecule has 2 atom stereocenters. The number of ether oxygens (including phenoxy) is 1. The molecule has 3 heterocycles. The molecule has 0 aliphatic carbocycles. The summed E-state index contributed by atoms with van der Waals surface area (Å²) in [4.78, 5) is 17.8. The standard InChI is InChI=1S/C19H25N3O2/c1-19(2)12-22(17-11-24-10-15(17)19)18(23)21-8-6-13-4-3-5-16-14(13)7-9-20-16/h3-5,7,9,15,17,20H,6,8,10-12H2,1-2H3,(H,21,23)/t15-,17+/m0/s1. The van der Waals surface area contributed by atoms with Crippen molar-refractivity contribution >= 4 is 16.9 Å². The maximum absolute atomic E-state index is 12.6. The Kier molecular flexibility index (Phi) is 3.76. The number of rotatable bonds is 3. The number of H-pyrrole nitrogens is 1. The lowest BCUT2D eigenvalue weighted by molar-refractivity contribution is 0.125. The van der Waals surface area contributed by atoms with Crippen molar-refractivity contribution in [3.63, 3.8) is 0 Å². The quantitative estimate of drug-likeness (QED) is 0.911. The molecule has 2 saturated heterocycles. The van der Waals surface area contributed by atoms with E-state index in [9.17, 15) is 4.79 Å². The van der Waals surface area contributed by atoms with Crippen molar-refractivity contribution in [3.8, 4) is 0 Å². The third kappa shape index (κ3) is 2.57. The summed E-state index contributed by atoms with van der Waals surface area (Å²) in [6.45, 7) is 7.38. The fourth-order valence-corrected chi connectivity index (χ4v) is 4.27. The zero-order valence-corrected chi connectivity index (χ0v) is 14.3. The Morgan fingerprint density at radius 2 is 2.25 bits per heavy atom. The van der Waals surface area contributed by atoms with Crippen molar-refractivity contribution in [3.05, 3.63) is 36.0 Å². The van der Waals surface area contributed by atoms with E-state index in [0.29, 0.717) is 19.1 Å². The minimum absolute atomic E-state index is 0.0438. The molecule has 24 heavy (non-hydrogen) atoms. The van der Waals surface area contributed by atoms with Gasteiger partial charge in [0.1, 0.15) is 0 Å². The molecule has 2 aliphatic heterocycles. The minimum Gasteiger partial charge on any atom is -0.379 e. The van der Waals surface area contributed by atoms with E-state index in [2.05, 4.69) is 48.4 Å². The van der Waals surface area contributed by atoms with Gasteiger partial charge in [-0.15, -0.1) is 0 Å². The number of carbonyl (C=O) groups excluding carboxylic acids is 1. The monoisotopic (exact) mass is 327 g/mol. The molecule has 2 fully saturated rings. The highest BCUT2D eigenvalue weighted by molar-refractivity contribution is 5.83. The molecule has 0 unspecified atom stereocenters. The van der Waals surface area contributed by atoms with Crippen LogP contribution in [0.4, 0.5) is 4.79 Å². The van der Waals surface area contributed by atoms with E-state index < -0.39 is 0 Å². The zero-order valence-electron chi connectivity index (χ0n) is 14.3. The largest absolute Gasteiger partial charge is 0.379 e. The molecule has 0 radical (unpaired) electrons. The molecule has 5 nitrogen and oxygen atoms in total. The summed E-state index contributed by atoms with van der Waals surface area (Å²) >= 11 is 0. The summed E-state index contributed by atoms with van der Waals surface area (Å²) in [6.07, 6.45) is 2.79. The van der Waals surface area contributed by atoms with Crippen molar-refractivity contribution in [2.24, 2.45) is 11.3 Å². The van der Waals surface area contributed by atoms with Gasteiger partial charge in [0.25, 0.3) is 0 Å². The molecule has 1 aromatic carbocycles. The Morgan fingerprint density at radius 3 is 3.12 bits per heavy atom. The summed E-state index contributed by atoms with van der Waals surface area (Å²) in [5.74, 6) is 0.455. The van der Waals surface area contributed by atoms with Gasteiger partial charge in [0, 0.05) is 36.1 Å². The van der Waals surface area contributed by atoms with E-state index in [1.54, 1.807) is 0 Å². The number of urea groups is 1. The van der Waals surface area contributed by atoms with Crippen LogP contribution in [0.3, 0.4) is 0 Å². The van der Waals surface area contributed by atoms with Gasteiger partial charge >= 0.3 is 6.03 Å². The van der Waals surface area contributed by atoms with E-state index in [1.165, 1.54) is 10.9 Å². The first kappa shape index (κ1) is 15.5. The number of carbonyl (C=O) groups is 1. The molecule has 2 aromatic rings. The Labute approximate surface area is 142 Å². The third-order valence-electron chi connectivity index (χ3n) is 5.65. The number of amides is 2. The van der Waals surface area contributed by atoms with Crippen LogP contribution in [0.25, 0.3) is 10.9 Å². The number of benzene rings is 1. The highest BCUT2D eigenvalue weighted by atomic mass is 16.5. The number of nitrogens with zero attached hydrogens (tertiary/aromatic N) is 1. The molecule has 2 aliphatic rings. The number of fused-ring (bicyclic) bond motifs is 2. The topological polar surface area (TPSA) is 57.4 Å². The van der Waals surface area contributed by atoms with Gasteiger partial charge in [-0.25, -0.2) is 4.79 Å². The van der Waals surface area contributed by atoms with E-state index in [0.717, 1.165) is 25.1 Å². The van der Waals surface area contributed by atoms with E-state index >= 15 is 0 Å². The van der Waals surface area contributed by atoms with Crippen LogP contribution < -0.4 is 5.32 Å². The van der Waals surface area contributed by atoms with Gasteiger partial charge in [-0.05, 0) is 29.5 Å². The second-order valence-electron chi connectivity index (χ2n) is 7.67.